The first-order chi connectivity index (χ1) is 10.2. The SMILES string of the molecule is O=C(NC1CCCCCC1)NC1c2ccccc2CC1O. The monoisotopic (exact) mass is 288 g/mol. The van der Waals surface area contributed by atoms with E-state index in [1.165, 1.54) is 25.7 Å². The maximum absolute atomic E-state index is 12.2. The molecule has 1 saturated carbocycles. The van der Waals surface area contributed by atoms with Crippen LogP contribution in [0.4, 0.5) is 4.79 Å². The maximum atomic E-state index is 12.2. The van der Waals surface area contributed by atoms with Gasteiger partial charge in [-0.15, -0.1) is 0 Å². The van der Waals surface area contributed by atoms with E-state index in [2.05, 4.69) is 10.6 Å². The normalized spacial score (nSPS) is 26.0. The summed E-state index contributed by atoms with van der Waals surface area (Å²) in [6.45, 7) is 0. The molecule has 4 nitrogen and oxygen atoms in total. The van der Waals surface area contributed by atoms with Gasteiger partial charge >= 0.3 is 6.03 Å². The lowest BCUT2D eigenvalue weighted by atomic mass is 10.1. The summed E-state index contributed by atoms with van der Waals surface area (Å²) < 4.78 is 0. The van der Waals surface area contributed by atoms with Gasteiger partial charge in [-0.05, 0) is 24.0 Å². The molecule has 2 aliphatic carbocycles. The summed E-state index contributed by atoms with van der Waals surface area (Å²) in [5.74, 6) is 0. The van der Waals surface area contributed by atoms with Gasteiger partial charge in [0.05, 0.1) is 12.1 Å². The number of nitrogens with one attached hydrogen (secondary N) is 2. The molecule has 1 aromatic carbocycles. The molecule has 2 unspecified atom stereocenters. The minimum Gasteiger partial charge on any atom is -0.390 e. The van der Waals surface area contributed by atoms with Crippen LogP contribution in [0.3, 0.4) is 0 Å². The van der Waals surface area contributed by atoms with Crippen LogP contribution in [0.5, 0.6) is 0 Å². The summed E-state index contributed by atoms with van der Waals surface area (Å²) in [7, 11) is 0. The van der Waals surface area contributed by atoms with E-state index in [9.17, 15) is 9.90 Å². The highest BCUT2D eigenvalue weighted by molar-refractivity contribution is 5.75. The first-order valence-electron chi connectivity index (χ1n) is 8.07. The molecule has 3 rings (SSSR count). The van der Waals surface area contributed by atoms with Crippen molar-refractivity contribution in [1.29, 1.82) is 0 Å². The van der Waals surface area contributed by atoms with Crippen molar-refractivity contribution in [2.24, 2.45) is 0 Å². The van der Waals surface area contributed by atoms with Crippen molar-refractivity contribution < 1.29 is 9.90 Å². The van der Waals surface area contributed by atoms with Crippen LogP contribution in [-0.2, 0) is 6.42 Å². The Labute approximate surface area is 125 Å². The Morgan fingerprint density at radius 2 is 1.76 bits per heavy atom. The van der Waals surface area contributed by atoms with E-state index in [0.29, 0.717) is 6.42 Å². The summed E-state index contributed by atoms with van der Waals surface area (Å²) in [6.07, 6.45) is 7.16. The molecule has 0 saturated heterocycles. The first kappa shape index (κ1) is 14.4. The number of benzene rings is 1. The highest BCUT2D eigenvalue weighted by atomic mass is 16.3. The molecule has 1 fully saturated rings. The Morgan fingerprint density at radius 3 is 2.52 bits per heavy atom. The van der Waals surface area contributed by atoms with Crippen molar-refractivity contribution in [2.75, 3.05) is 0 Å². The number of carbonyl (C=O) groups excluding carboxylic acids is 1. The largest absolute Gasteiger partial charge is 0.390 e. The molecule has 1 aromatic rings. The van der Waals surface area contributed by atoms with Gasteiger partial charge in [0.2, 0.25) is 0 Å². The molecule has 0 heterocycles. The smallest absolute Gasteiger partial charge is 0.315 e. The second kappa shape index (κ2) is 6.48. The van der Waals surface area contributed by atoms with Gasteiger partial charge in [0.15, 0.2) is 0 Å². The molecule has 0 bridgehead atoms. The fourth-order valence-corrected chi connectivity index (χ4v) is 3.54. The van der Waals surface area contributed by atoms with Crippen LogP contribution in [-0.4, -0.2) is 23.3 Å². The van der Waals surface area contributed by atoms with Gasteiger partial charge in [-0.3, -0.25) is 0 Å². The van der Waals surface area contributed by atoms with Crippen LogP contribution in [0.25, 0.3) is 0 Å². The second-order valence-electron chi connectivity index (χ2n) is 6.25. The maximum Gasteiger partial charge on any atom is 0.315 e. The van der Waals surface area contributed by atoms with Gasteiger partial charge in [-0.1, -0.05) is 49.9 Å². The Bertz CT molecular complexity index is 495. The Morgan fingerprint density at radius 1 is 1.05 bits per heavy atom. The fourth-order valence-electron chi connectivity index (χ4n) is 3.54. The number of carbonyl (C=O) groups is 1. The minimum absolute atomic E-state index is 0.150. The van der Waals surface area contributed by atoms with E-state index in [1.54, 1.807) is 0 Å². The zero-order chi connectivity index (χ0) is 14.7. The lowest BCUT2D eigenvalue weighted by Crippen LogP contribution is -2.45. The summed E-state index contributed by atoms with van der Waals surface area (Å²) >= 11 is 0. The Balaban J connectivity index is 1.59. The molecule has 4 heteroatoms. The van der Waals surface area contributed by atoms with Gasteiger partial charge in [-0.2, -0.15) is 0 Å². The van der Waals surface area contributed by atoms with Crippen LogP contribution in [0.15, 0.2) is 24.3 Å². The van der Waals surface area contributed by atoms with Gasteiger partial charge in [0, 0.05) is 12.5 Å². The molecule has 0 radical (unpaired) electrons. The second-order valence-corrected chi connectivity index (χ2v) is 6.25. The number of hydrogen-bond acceptors (Lipinski definition) is 2. The lowest BCUT2D eigenvalue weighted by molar-refractivity contribution is 0.141. The number of aliphatic hydroxyl groups is 1. The van der Waals surface area contributed by atoms with E-state index in [-0.39, 0.29) is 18.1 Å². The van der Waals surface area contributed by atoms with Crippen molar-refractivity contribution in [3.8, 4) is 0 Å². The topological polar surface area (TPSA) is 61.4 Å². The van der Waals surface area contributed by atoms with Gasteiger partial charge < -0.3 is 15.7 Å². The average Bonchev–Trinajstić information content (AvgIpc) is 2.66. The number of amides is 2. The molecule has 2 aliphatic rings. The minimum atomic E-state index is -0.526. The molecule has 2 amide bonds. The third kappa shape index (κ3) is 3.38. The lowest BCUT2D eigenvalue weighted by Gasteiger charge is -2.21. The van der Waals surface area contributed by atoms with Crippen LogP contribution < -0.4 is 10.6 Å². The first-order valence-corrected chi connectivity index (χ1v) is 8.07. The number of aliphatic hydroxyl groups excluding tert-OH is 1. The third-order valence-corrected chi connectivity index (χ3v) is 4.68. The number of urea groups is 1. The van der Waals surface area contributed by atoms with Crippen molar-refractivity contribution in [3.63, 3.8) is 0 Å². The summed E-state index contributed by atoms with van der Waals surface area (Å²) in [5.41, 5.74) is 2.17. The molecule has 21 heavy (non-hydrogen) atoms. The fraction of sp³-hybridized carbons (Fsp3) is 0.588. The molecule has 0 aromatic heterocycles. The van der Waals surface area contributed by atoms with E-state index in [4.69, 9.17) is 0 Å². The highest BCUT2D eigenvalue weighted by Gasteiger charge is 2.32. The van der Waals surface area contributed by atoms with Gasteiger partial charge in [0.25, 0.3) is 0 Å². The summed E-state index contributed by atoms with van der Waals surface area (Å²) in [5, 5.41) is 16.2. The third-order valence-electron chi connectivity index (χ3n) is 4.68. The number of rotatable bonds is 2. The van der Waals surface area contributed by atoms with Crippen LogP contribution in [0.2, 0.25) is 0 Å². The van der Waals surface area contributed by atoms with Crippen LogP contribution in [0.1, 0.15) is 55.7 Å². The van der Waals surface area contributed by atoms with Crippen molar-refractivity contribution in [2.45, 2.75) is 63.1 Å². The predicted octanol–water partition coefficient (Wildman–Crippen LogP) is 2.67. The standard InChI is InChI=1S/C17H24N2O2/c20-15-11-12-7-5-6-10-14(12)16(15)19-17(21)18-13-8-3-1-2-4-9-13/h5-7,10,13,15-16,20H,1-4,8-9,11H2,(H2,18,19,21). The van der Waals surface area contributed by atoms with E-state index >= 15 is 0 Å². The van der Waals surface area contributed by atoms with Crippen molar-refractivity contribution in [1.82, 2.24) is 10.6 Å². The highest BCUT2D eigenvalue weighted by Crippen LogP contribution is 2.31. The average molecular weight is 288 g/mol. The van der Waals surface area contributed by atoms with Crippen LogP contribution in [0, 0.1) is 0 Å². The number of hydrogen-bond donors (Lipinski definition) is 3. The van der Waals surface area contributed by atoms with E-state index < -0.39 is 6.10 Å². The quantitative estimate of drug-likeness (QED) is 0.733. The zero-order valence-electron chi connectivity index (χ0n) is 12.3. The van der Waals surface area contributed by atoms with Gasteiger partial charge in [0.1, 0.15) is 0 Å². The predicted molar refractivity (Wildman–Crippen MR) is 82.1 cm³/mol. The molecular weight excluding hydrogens is 264 g/mol. The molecule has 2 atom stereocenters. The Kier molecular flexibility index (Phi) is 4.44. The van der Waals surface area contributed by atoms with E-state index in [1.807, 2.05) is 24.3 Å². The molecular formula is C17H24N2O2. The molecule has 0 spiro atoms. The number of fused-ring (bicyclic) bond motifs is 1. The summed E-state index contributed by atoms with van der Waals surface area (Å²) in [6, 6.07) is 7.77. The Hall–Kier alpha value is -1.55. The summed E-state index contributed by atoms with van der Waals surface area (Å²) in [4.78, 5) is 12.2. The molecule has 3 N–H and O–H groups in total. The van der Waals surface area contributed by atoms with Crippen molar-refractivity contribution >= 4 is 6.03 Å². The van der Waals surface area contributed by atoms with E-state index in [0.717, 1.165) is 24.0 Å². The van der Waals surface area contributed by atoms with Gasteiger partial charge in [-0.25, -0.2) is 4.79 Å². The zero-order valence-corrected chi connectivity index (χ0v) is 12.3. The molecule has 0 aliphatic heterocycles. The van der Waals surface area contributed by atoms with Crippen molar-refractivity contribution in [3.05, 3.63) is 35.4 Å². The molecule has 114 valence electrons. The van der Waals surface area contributed by atoms with Crippen LogP contribution >= 0.6 is 0 Å².